The van der Waals surface area contributed by atoms with Gasteiger partial charge in [0.15, 0.2) is 0 Å². The SMILES string of the molecule is CC1(C)CCN(c2cc(C(C)(C)NC(=O)O)cc(Cl)n2)CC1. The number of anilines is 1. The highest BCUT2D eigenvalue weighted by atomic mass is 35.5. The van der Waals surface area contributed by atoms with Crippen molar-refractivity contribution >= 4 is 23.5 Å². The molecular weight excluding hydrogens is 302 g/mol. The number of carboxylic acid groups (broad SMARTS) is 1. The first-order valence-electron chi connectivity index (χ1n) is 7.53. The van der Waals surface area contributed by atoms with Crippen LogP contribution >= 0.6 is 11.6 Å². The van der Waals surface area contributed by atoms with Gasteiger partial charge in [-0.2, -0.15) is 0 Å². The van der Waals surface area contributed by atoms with E-state index in [-0.39, 0.29) is 0 Å². The number of nitrogens with zero attached hydrogens (tertiary/aromatic N) is 2. The van der Waals surface area contributed by atoms with E-state index in [1.165, 1.54) is 0 Å². The number of halogens is 1. The van der Waals surface area contributed by atoms with Gasteiger partial charge in [0, 0.05) is 13.1 Å². The van der Waals surface area contributed by atoms with E-state index in [9.17, 15) is 4.79 Å². The molecule has 1 fully saturated rings. The van der Waals surface area contributed by atoms with Crippen molar-refractivity contribution in [1.82, 2.24) is 10.3 Å². The first-order valence-corrected chi connectivity index (χ1v) is 7.91. The Labute approximate surface area is 136 Å². The van der Waals surface area contributed by atoms with E-state index in [4.69, 9.17) is 16.7 Å². The number of hydrogen-bond acceptors (Lipinski definition) is 3. The maximum absolute atomic E-state index is 11.0. The second-order valence-electron chi connectivity index (χ2n) is 7.24. The van der Waals surface area contributed by atoms with Crippen molar-refractivity contribution in [3.63, 3.8) is 0 Å². The number of nitrogens with one attached hydrogen (secondary N) is 1. The molecule has 5 nitrogen and oxygen atoms in total. The summed E-state index contributed by atoms with van der Waals surface area (Å²) in [4.78, 5) is 17.6. The highest BCUT2D eigenvalue weighted by Gasteiger charge is 2.28. The average Bonchev–Trinajstić information content (AvgIpc) is 2.36. The number of rotatable bonds is 3. The van der Waals surface area contributed by atoms with Gasteiger partial charge in [0.05, 0.1) is 5.54 Å². The Balaban J connectivity index is 2.26. The van der Waals surface area contributed by atoms with Crippen LogP contribution in [0.5, 0.6) is 0 Å². The van der Waals surface area contributed by atoms with E-state index in [0.717, 1.165) is 37.3 Å². The Morgan fingerprint density at radius 1 is 1.36 bits per heavy atom. The molecule has 0 radical (unpaired) electrons. The second kappa shape index (κ2) is 5.95. The highest BCUT2D eigenvalue weighted by molar-refractivity contribution is 6.29. The summed E-state index contributed by atoms with van der Waals surface area (Å²) in [5, 5.41) is 11.9. The van der Waals surface area contributed by atoms with Crippen molar-refractivity contribution in [1.29, 1.82) is 0 Å². The number of piperidine rings is 1. The summed E-state index contributed by atoms with van der Waals surface area (Å²) in [5.74, 6) is 0.818. The van der Waals surface area contributed by atoms with Crippen molar-refractivity contribution in [2.45, 2.75) is 46.1 Å². The van der Waals surface area contributed by atoms with Gasteiger partial charge in [0.2, 0.25) is 0 Å². The molecule has 122 valence electrons. The van der Waals surface area contributed by atoms with Crippen LogP contribution in [0, 0.1) is 5.41 Å². The van der Waals surface area contributed by atoms with E-state index in [2.05, 4.69) is 29.0 Å². The first kappa shape index (κ1) is 16.9. The third kappa shape index (κ3) is 4.03. The summed E-state index contributed by atoms with van der Waals surface area (Å²) >= 11 is 6.15. The molecule has 0 aliphatic carbocycles. The molecule has 0 bridgehead atoms. The minimum atomic E-state index is -1.06. The normalized spacial score (nSPS) is 18.1. The van der Waals surface area contributed by atoms with E-state index < -0.39 is 11.6 Å². The number of carbonyl (C=O) groups is 1. The molecule has 1 saturated heterocycles. The van der Waals surface area contributed by atoms with Crippen LogP contribution in [0.25, 0.3) is 0 Å². The van der Waals surface area contributed by atoms with Gasteiger partial charge in [-0.3, -0.25) is 0 Å². The Morgan fingerprint density at radius 3 is 2.50 bits per heavy atom. The molecule has 2 N–H and O–H groups in total. The van der Waals surface area contributed by atoms with Crippen molar-refractivity contribution in [2.24, 2.45) is 5.41 Å². The fourth-order valence-electron chi connectivity index (χ4n) is 2.69. The average molecular weight is 326 g/mol. The van der Waals surface area contributed by atoms with Crippen LogP contribution in [-0.4, -0.2) is 29.3 Å². The zero-order valence-corrected chi connectivity index (χ0v) is 14.4. The predicted octanol–water partition coefficient (Wildman–Crippen LogP) is 3.86. The molecule has 0 aromatic carbocycles. The topological polar surface area (TPSA) is 65.5 Å². The van der Waals surface area contributed by atoms with Crippen LogP contribution in [0.1, 0.15) is 46.1 Å². The summed E-state index contributed by atoms with van der Waals surface area (Å²) in [6.45, 7) is 10.1. The molecule has 1 aromatic heterocycles. The lowest BCUT2D eigenvalue weighted by atomic mass is 9.82. The summed E-state index contributed by atoms with van der Waals surface area (Å²) in [6, 6.07) is 3.65. The molecule has 0 saturated carbocycles. The molecule has 1 aromatic rings. The molecule has 1 amide bonds. The number of amides is 1. The summed E-state index contributed by atoms with van der Waals surface area (Å²) < 4.78 is 0. The number of pyridine rings is 1. The zero-order chi connectivity index (χ0) is 16.5. The van der Waals surface area contributed by atoms with Crippen molar-refractivity contribution in [3.8, 4) is 0 Å². The van der Waals surface area contributed by atoms with Crippen LogP contribution < -0.4 is 10.2 Å². The largest absolute Gasteiger partial charge is 0.465 e. The molecule has 0 atom stereocenters. The van der Waals surface area contributed by atoms with Crippen molar-refractivity contribution in [3.05, 3.63) is 22.8 Å². The van der Waals surface area contributed by atoms with Gasteiger partial charge in [-0.1, -0.05) is 25.4 Å². The maximum Gasteiger partial charge on any atom is 0.405 e. The monoisotopic (exact) mass is 325 g/mol. The summed E-state index contributed by atoms with van der Waals surface area (Å²) in [7, 11) is 0. The molecule has 2 rings (SSSR count). The van der Waals surface area contributed by atoms with Crippen LogP contribution in [0.4, 0.5) is 10.6 Å². The fourth-order valence-corrected chi connectivity index (χ4v) is 2.89. The van der Waals surface area contributed by atoms with Gasteiger partial charge in [0.25, 0.3) is 0 Å². The van der Waals surface area contributed by atoms with E-state index in [1.54, 1.807) is 6.07 Å². The Kier molecular flexibility index (Phi) is 4.57. The summed E-state index contributed by atoms with van der Waals surface area (Å²) in [5.41, 5.74) is 0.458. The molecule has 1 aliphatic heterocycles. The second-order valence-corrected chi connectivity index (χ2v) is 7.63. The standard InChI is InChI=1S/C16H24ClN3O2/c1-15(2)5-7-20(8-6-15)13-10-11(9-12(17)18-13)16(3,4)19-14(21)22/h9-10,19H,5-8H2,1-4H3,(H,21,22). The van der Waals surface area contributed by atoms with Gasteiger partial charge in [-0.15, -0.1) is 0 Å². The predicted molar refractivity (Wildman–Crippen MR) is 88.7 cm³/mol. The van der Waals surface area contributed by atoms with Crippen LogP contribution in [0.15, 0.2) is 12.1 Å². The van der Waals surface area contributed by atoms with Gasteiger partial charge < -0.3 is 15.3 Å². The Bertz CT molecular complexity index is 563. The fraction of sp³-hybridized carbons (Fsp3) is 0.625. The lowest BCUT2D eigenvalue weighted by Crippen LogP contribution is -2.41. The van der Waals surface area contributed by atoms with Crippen LogP contribution in [-0.2, 0) is 5.54 Å². The van der Waals surface area contributed by atoms with Crippen LogP contribution in [0.2, 0.25) is 5.15 Å². The smallest absolute Gasteiger partial charge is 0.405 e. The molecule has 6 heteroatoms. The number of aromatic nitrogens is 1. The molecule has 0 spiro atoms. The molecule has 0 unspecified atom stereocenters. The Hall–Kier alpha value is -1.49. The molecule has 1 aliphatic rings. The lowest BCUT2D eigenvalue weighted by Gasteiger charge is -2.38. The van der Waals surface area contributed by atoms with Crippen molar-refractivity contribution < 1.29 is 9.90 Å². The van der Waals surface area contributed by atoms with Gasteiger partial charge in [-0.25, -0.2) is 9.78 Å². The summed E-state index contributed by atoms with van der Waals surface area (Å²) in [6.07, 6.45) is 1.15. The van der Waals surface area contributed by atoms with Gasteiger partial charge >= 0.3 is 6.09 Å². The minimum Gasteiger partial charge on any atom is -0.465 e. The molecule has 22 heavy (non-hydrogen) atoms. The third-order valence-electron chi connectivity index (χ3n) is 4.36. The van der Waals surface area contributed by atoms with Crippen molar-refractivity contribution in [2.75, 3.05) is 18.0 Å². The van der Waals surface area contributed by atoms with Gasteiger partial charge in [-0.05, 0) is 49.8 Å². The van der Waals surface area contributed by atoms with E-state index >= 15 is 0 Å². The molecule has 2 heterocycles. The maximum atomic E-state index is 11.0. The lowest BCUT2D eigenvalue weighted by molar-refractivity contribution is 0.182. The zero-order valence-electron chi connectivity index (χ0n) is 13.6. The number of hydrogen-bond donors (Lipinski definition) is 2. The Morgan fingerprint density at radius 2 is 1.95 bits per heavy atom. The highest BCUT2D eigenvalue weighted by Crippen LogP contribution is 2.33. The van der Waals surface area contributed by atoms with E-state index in [1.807, 2.05) is 19.9 Å². The first-order chi connectivity index (χ1) is 10.1. The molecular formula is C16H24ClN3O2. The van der Waals surface area contributed by atoms with Gasteiger partial charge in [0.1, 0.15) is 11.0 Å². The third-order valence-corrected chi connectivity index (χ3v) is 4.56. The quantitative estimate of drug-likeness (QED) is 0.828. The van der Waals surface area contributed by atoms with E-state index in [0.29, 0.717) is 10.6 Å². The van der Waals surface area contributed by atoms with Crippen LogP contribution in [0.3, 0.4) is 0 Å². The minimum absolute atomic E-state index is 0.363.